The van der Waals surface area contributed by atoms with Crippen molar-refractivity contribution in [3.8, 4) is 11.8 Å². The summed E-state index contributed by atoms with van der Waals surface area (Å²) in [5.41, 5.74) is 0.954. The molecule has 5 heteroatoms. The number of aromatic nitrogens is 1. The summed E-state index contributed by atoms with van der Waals surface area (Å²) in [6, 6.07) is 15.6. The van der Waals surface area contributed by atoms with E-state index in [2.05, 4.69) is 27.0 Å². The highest BCUT2D eigenvalue weighted by molar-refractivity contribution is 5.74. The molecular formula is C19H20N4O. The van der Waals surface area contributed by atoms with E-state index in [1.807, 2.05) is 53.4 Å². The molecule has 0 spiro atoms. The molecule has 3 rings (SSSR count). The lowest BCUT2D eigenvalue weighted by Crippen LogP contribution is -2.52. The van der Waals surface area contributed by atoms with Crippen molar-refractivity contribution in [2.75, 3.05) is 37.6 Å². The zero-order valence-corrected chi connectivity index (χ0v) is 13.5. The Morgan fingerprint density at radius 1 is 1.04 bits per heavy atom. The van der Waals surface area contributed by atoms with Gasteiger partial charge < -0.3 is 15.1 Å². The second-order valence-electron chi connectivity index (χ2n) is 5.49. The van der Waals surface area contributed by atoms with Crippen molar-refractivity contribution in [2.24, 2.45) is 0 Å². The highest BCUT2D eigenvalue weighted by Crippen LogP contribution is 2.12. The molecule has 1 aliphatic rings. The molecule has 1 N–H and O–H groups in total. The van der Waals surface area contributed by atoms with Crippen molar-refractivity contribution in [1.29, 1.82) is 0 Å². The van der Waals surface area contributed by atoms with Crippen molar-refractivity contribution in [1.82, 2.24) is 15.2 Å². The molecule has 0 aliphatic carbocycles. The summed E-state index contributed by atoms with van der Waals surface area (Å²) in [6.45, 7) is 3.32. The third-order valence-corrected chi connectivity index (χ3v) is 3.87. The maximum absolute atomic E-state index is 12.2. The maximum atomic E-state index is 12.2. The van der Waals surface area contributed by atoms with Crippen LogP contribution in [0.4, 0.5) is 10.6 Å². The Morgan fingerprint density at radius 2 is 1.79 bits per heavy atom. The van der Waals surface area contributed by atoms with Crippen molar-refractivity contribution >= 4 is 11.8 Å². The van der Waals surface area contributed by atoms with E-state index in [1.54, 1.807) is 6.20 Å². The fraction of sp³-hybridized carbons (Fsp3) is 0.263. The third-order valence-electron chi connectivity index (χ3n) is 3.87. The van der Waals surface area contributed by atoms with Gasteiger partial charge in [0.2, 0.25) is 0 Å². The van der Waals surface area contributed by atoms with Crippen LogP contribution in [0.1, 0.15) is 5.56 Å². The van der Waals surface area contributed by atoms with Gasteiger partial charge in [-0.3, -0.25) is 0 Å². The van der Waals surface area contributed by atoms with Gasteiger partial charge in [-0.15, -0.1) is 0 Å². The summed E-state index contributed by atoms with van der Waals surface area (Å²) in [5, 5.41) is 2.86. The summed E-state index contributed by atoms with van der Waals surface area (Å²) < 4.78 is 0. The van der Waals surface area contributed by atoms with Crippen molar-refractivity contribution in [3.63, 3.8) is 0 Å². The highest BCUT2D eigenvalue weighted by Gasteiger charge is 2.21. The molecule has 0 unspecified atom stereocenters. The molecule has 2 aromatic rings. The van der Waals surface area contributed by atoms with Crippen LogP contribution < -0.4 is 10.2 Å². The van der Waals surface area contributed by atoms with E-state index in [1.165, 1.54) is 0 Å². The van der Waals surface area contributed by atoms with E-state index in [9.17, 15) is 4.79 Å². The smallest absolute Gasteiger partial charge is 0.318 e. The number of nitrogens with zero attached hydrogens (tertiary/aromatic N) is 3. The molecule has 1 fully saturated rings. The monoisotopic (exact) mass is 320 g/mol. The van der Waals surface area contributed by atoms with Crippen LogP contribution in [0, 0.1) is 11.8 Å². The molecule has 2 amide bonds. The molecule has 0 radical (unpaired) electrons. The molecule has 1 aromatic carbocycles. The first-order valence-corrected chi connectivity index (χ1v) is 8.05. The molecule has 24 heavy (non-hydrogen) atoms. The normalized spacial score (nSPS) is 13.8. The van der Waals surface area contributed by atoms with E-state index in [0.717, 1.165) is 24.5 Å². The number of nitrogens with one attached hydrogen (secondary N) is 1. The highest BCUT2D eigenvalue weighted by atomic mass is 16.2. The molecule has 122 valence electrons. The Balaban J connectivity index is 1.43. The number of amides is 2. The van der Waals surface area contributed by atoms with Gasteiger partial charge in [0.05, 0.1) is 6.54 Å². The van der Waals surface area contributed by atoms with Crippen molar-refractivity contribution in [2.45, 2.75) is 0 Å². The number of pyridine rings is 1. The number of hydrogen-bond acceptors (Lipinski definition) is 3. The molecule has 0 bridgehead atoms. The lowest BCUT2D eigenvalue weighted by Gasteiger charge is -2.35. The minimum atomic E-state index is -0.0574. The Kier molecular flexibility index (Phi) is 5.31. The van der Waals surface area contributed by atoms with Gasteiger partial charge in [0.1, 0.15) is 5.82 Å². The predicted octanol–water partition coefficient (Wildman–Crippen LogP) is 1.96. The van der Waals surface area contributed by atoms with Gasteiger partial charge in [-0.05, 0) is 24.3 Å². The van der Waals surface area contributed by atoms with Gasteiger partial charge in [0.15, 0.2) is 0 Å². The Bertz CT molecular complexity index is 713. The van der Waals surface area contributed by atoms with E-state index < -0.39 is 0 Å². The first-order chi connectivity index (χ1) is 11.8. The molecule has 0 saturated carbocycles. The number of carbonyl (C=O) groups excluding carboxylic acids is 1. The van der Waals surface area contributed by atoms with E-state index in [4.69, 9.17) is 0 Å². The third kappa shape index (κ3) is 4.26. The van der Waals surface area contributed by atoms with Crippen LogP contribution in [0.3, 0.4) is 0 Å². The van der Waals surface area contributed by atoms with Gasteiger partial charge in [-0.25, -0.2) is 9.78 Å². The molecule has 0 atom stereocenters. The number of benzene rings is 1. The SMILES string of the molecule is O=C(NCC#Cc1ccccc1)N1CCN(c2ccccn2)CC1. The van der Waals surface area contributed by atoms with Gasteiger partial charge in [-0.1, -0.05) is 36.1 Å². The summed E-state index contributed by atoms with van der Waals surface area (Å²) >= 11 is 0. The fourth-order valence-electron chi connectivity index (χ4n) is 2.58. The number of urea groups is 1. The summed E-state index contributed by atoms with van der Waals surface area (Å²) in [7, 11) is 0. The van der Waals surface area contributed by atoms with Crippen molar-refractivity contribution in [3.05, 3.63) is 60.3 Å². The van der Waals surface area contributed by atoms with Gasteiger partial charge >= 0.3 is 6.03 Å². The zero-order chi connectivity index (χ0) is 16.6. The number of rotatable bonds is 2. The largest absolute Gasteiger partial charge is 0.353 e. The zero-order valence-electron chi connectivity index (χ0n) is 13.5. The van der Waals surface area contributed by atoms with E-state index >= 15 is 0 Å². The Morgan fingerprint density at radius 3 is 2.50 bits per heavy atom. The first kappa shape index (κ1) is 15.9. The van der Waals surface area contributed by atoms with Gasteiger partial charge in [-0.2, -0.15) is 0 Å². The van der Waals surface area contributed by atoms with Gasteiger partial charge in [0.25, 0.3) is 0 Å². The van der Waals surface area contributed by atoms with Crippen LogP contribution >= 0.6 is 0 Å². The molecule has 1 saturated heterocycles. The van der Waals surface area contributed by atoms with E-state index in [-0.39, 0.29) is 6.03 Å². The number of hydrogen-bond donors (Lipinski definition) is 1. The summed E-state index contributed by atoms with van der Waals surface area (Å²) in [5.74, 6) is 6.97. The van der Waals surface area contributed by atoms with Crippen LogP contribution in [0.15, 0.2) is 54.7 Å². The van der Waals surface area contributed by atoms with Crippen LogP contribution in [0.5, 0.6) is 0 Å². The summed E-state index contributed by atoms with van der Waals surface area (Å²) in [6.07, 6.45) is 1.79. The second-order valence-corrected chi connectivity index (χ2v) is 5.49. The molecule has 5 nitrogen and oxygen atoms in total. The molecule has 1 aliphatic heterocycles. The predicted molar refractivity (Wildman–Crippen MR) is 94.7 cm³/mol. The maximum Gasteiger partial charge on any atom is 0.318 e. The average Bonchev–Trinajstić information content (AvgIpc) is 2.67. The fourth-order valence-corrected chi connectivity index (χ4v) is 2.58. The number of anilines is 1. The minimum absolute atomic E-state index is 0.0574. The van der Waals surface area contributed by atoms with Crippen LogP contribution in [-0.2, 0) is 0 Å². The topological polar surface area (TPSA) is 48.5 Å². The van der Waals surface area contributed by atoms with Gasteiger partial charge in [0, 0.05) is 37.9 Å². The number of carbonyl (C=O) groups is 1. The van der Waals surface area contributed by atoms with Crippen LogP contribution in [0.25, 0.3) is 0 Å². The first-order valence-electron chi connectivity index (χ1n) is 8.05. The number of piperazine rings is 1. The standard InChI is InChI=1S/C19H20N4O/c24-19(21-12-6-9-17-7-2-1-3-8-17)23-15-13-22(14-16-23)18-10-4-5-11-20-18/h1-5,7-8,10-11H,12-16H2,(H,21,24). The van der Waals surface area contributed by atoms with Crippen LogP contribution in [-0.4, -0.2) is 48.6 Å². The Hall–Kier alpha value is -3.00. The quantitative estimate of drug-likeness (QED) is 0.861. The average molecular weight is 320 g/mol. The second kappa shape index (κ2) is 8.02. The Labute approximate surface area is 142 Å². The van der Waals surface area contributed by atoms with E-state index in [0.29, 0.717) is 19.6 Å². The molecule has 2 heterocycles. The van der Waals surface area contributed by atoms with Crippen LogP contribution in [0.2, 0.25) is 0 Å². The summed E-state index contributed by atoms with van der Waals surface area (Å²) in [4.78, 5) is 20.5. The molecular weight excluding hydrogens is 300 g/mol. The van der Waals surface area contributed by atoms with Crippen molar-refractivity contribution < 1.29 is 4.79 Å². The lowest BCUT2D eigenvalue weighted by atomic mass is 10.2. The molecule has 1 aromatic heterocycles. The lowest BCUT2D eigenvalue weighted by molar-refractivity contribution is 0.195. The minimum Gasteiger partial charge on any atom is -0.353 e.